The molecule has 0 aliphatic carbocycles. The first-order valence-electron chi connectivity index (χ1n) is 6.37. The fourth-order valence-electron chi connectivity index (χ4n) is 1.71. The van der Waals surface area contributed by atoms with Gasteiger partial charge in [-0.15, -0.1) is 0 Å². The van der Waals surface area contributed by atoms with E-state index in [0.29, 0.717) is 30.9 Å². The Kier molecular flexibility index (Phi) is 5.54. The zero-order valence-corrected chi connectivity index (χ0v) is 11.9. The van der Waals surface area contributed by atoms with E-state index in [9.17, 15) is 4.79 Å². The maximum atomic E-state index is 10.9. The average Bonchev–Trinajstić information content (AvgIpc) is 2.26. The van der Waals surface area contributed by atoms with Crippen LogP contribution in [-0.2, 0) is 4.79 Å². The Balaban J connectivity index is 3.02. The summed E-state index contributed by atoms with van der Waals surface area (Å²) < 4.78 is 5.36. The first-order valence-corrected chi connectivity index (χ1v) is 6.37. The third-order valence-corrected chi connectivity index (χ3v) is 2.31. The molecular weight excluding hydrogens is 246 g/mol. The van der Waals surface area contributed by atoms with Crippen LogP contribution in [0.1, 0.15) is 26.5 Å². The molecule has 0 aliphatic heterocycles. The van der Waals surface area contributed by atoms with Gasteiger partial charge in [0.25, 0.3) is 0 Å². The lowest BCUT2D eigenvalue weighted by Crippen LogP contribution is -2.34. The molecule has 0 spiro atoms. The first kappa shape index (κ1) is 15.2. The Morgan fingerprint density at radius 2 is 2.16 bits per heavy atom. The smallest absolute Gasteiger partial charge is 0.323 e. The van der Waals surface area contributed by atoms with Crippen LogP contribution < -0.4 is 9.64 Å². The van der Waals surface area contributed by atoms with E-state index in [4.69, 9.17) is 9.84 Å². The normalized spacial score (nSPS) is 10.6. The molecule has 6 nitrogen and oxygen atoms in total. The fraction of sp³-hybridized carbons (Fsp3) is 0.615. The molecule has 0 amide bonds. The van der Waals surface area contributed by atoms with Crippen molar-refractivity contribution in [1.82, 2.24) is 9.97 Å². The molecule has 0 saturated carbocycles. The van der Waals surface area contributed by atoms with Gasteiger partial charge in [0.2, 0.25) is 11.8 Å². The topological polar surface area (TPSA) is 75.5 Å². The van der Waals surface area contributed by atoms with Crippen LogP contribution in [0.2, 0.25) is 0 Å². The van der Waals surface area contributed by atoms with Gasteiger partial charge in [0.05, 0.1) is 6.61 Å². The zero-order chi connectivity index (χ0) is 14.4. The van der Waals surface area contributed by atoms with Gasteiger partial charge >= 0.3 is 5.97 Å². The Bertz CT molecular complexity index is 435. The SMILES string of the molecule is CCOc1cc(C)nc(N(CC(=O)O)CC(C)C)n1. The highest BCUT2D eigenvalue weighted by Crippen LogP contribution is 2.16. The van der Waals surface area contributed by atoms with E-state index in [2.05, 4.69) is 9.97 Å². The third-order valence-electron chi connectivity index (χ3n) is 2.31. The molecular formula is C13H21N3O3. The fourth-order valence-corrected chi connectivity index (χ4v) is 1.71. The van der Waals surface area contributed by atoms with Crippen LogP contribution >= 0.6 is 0 Å². The Morgan fingerprint density at radius 1 is 1.47 bits per heavy atom. The summed E-state index contributed by atoms with van der Waals surface area (Å²) in [7, 11) is 0. The maximum Gasteiger partial charge on any atom is 0.323 e. The summed E-state index contributed by atoms with van der Waals surface area (Å²) in [5.74, 6) is 0.298. The van der Waals surface area contributed by atoms with Crippen molar-refractivity contribution in [3.05, 3.63) is 11.8 Å². The van der Waals surface area contributed by atoms with Crippen molar-refractivity contribution in [2.45, 2.75) is 27.7 Å². The summed E-state index contributed by atoms with van der Waals surface area (Å²) in [5.41, 5.74) is 0.757. The van der Waals surface area contributed by atoms with Crippen molar-refractivity contribution in [1.29, 1.82) is 0 Å². The molecule has 1 aromatic rings. The van der Waals surface area contributed by atoms with Crippen molar-refractivity contribution < 1.29 is 14.6 Å². The molecule has 0 fully saturated rings. The average molecular weight is 267 g/mol. The second-order valence-corrected chi connectivity index (χ2v) is 4.75. The molecule has 0 aromatic carbocycles. The number of hydrogen-bond donors (Lipinski definition) is 1. The number of hydrogen-bond acceptors (Lipinski definition) is 5. The van der Waals surface area contributed by atoms with E-state index in [-0.39, 0.29) is 6.54 Å². The van der Waals surface area contributed by atoms with E-state index in [1.54, 1.807) is 11.0 Å². The molecule has 0 atom stereocenters. The van der Waals surface area contributed by atoms with Crippen molar-refractivity contribution in [2.75, 3.05) is 24.6 Å². The molecule has 106 valence electrons. The first-order chi connectivity index (χ1) is 8.92. The molecule has 0 aliphatic rings. The second-order valence-electron chi connectivity index (χ2n) is 4.75. The molecule has 6 heteroatoms. The minimum Gasteiger partial charge on any atom is -0.480 e. The summed E-state index contributed by atoms with van der Waals surface area (Å²) in [6.45, 7) is 8.73. The highest BCUT2D eigenvalue weighted by Gasteiger charge is 2.16. The number of aromatic nitrogens is 2. The van der Waals surface area contributed by atoms with Crippen molar-refractivity contribution in [3.8, 4) is 5.88 Å². The van der Waals surface area contributed by atoms with Crippen LogP contribution in [0.3, 0.4) is 0 Å². The van der Waals surface area contributed by atoms with Crippen LogP contribution in [0.5, 0.6) is 5.88 Å². The molecule has 0 unspecified atom stereocenters. The molecule has 1 rings (SSSR count). The number of anilines is 1. The zero-order valence-electron chi connectivity index (χ0n) is 11.9. The number of ether oxygens (including phenoxy) is 1. The summed E-state index contributed by atoms with van der Waals surface area (Å²) >= 11 is 0. The molecule has 1 aromatic heterocycles. The number of carboxylic acid groups (broad SMARTS) is 1. The van der Waals surface area contributed by atoms with E-state index in [1.165, 1.54) is 0 Å². The van der Waals surface area contributed by atoms with Gasteiger partial charge in [-0.2, -0.15) is 4.98 Å². The van der Waals surface area contributed by atoms with Gasteiger partial charge in [0, 0.05) is 18.3 Å². The highest BCUT2D eigenvalue weighted by molar-refractivity contribution is 5.72. The standard InChI is InChI=1S/C13H21N3O3/c1-5-19-11-6-10(4)14-13(15-11)16(7-9(2)3)8-12(17)18/h6,9H,5,7-8H2,1-4H3,(H,17,18). The van der Waals surface area contributed by atoms with Gasteiger partial charge in [-0.05, 0) is 19.8 Å². The largest absolute Gasteiger partial charge is 0.480 e. The minimum absolute atomic E-state index is 0.118. The van der Waals surface area contributed by atoms with E-state index >= 15 is 0 Å². The van der Waals surface area contributed by atoms with Crippen LogP contribution in [0, 0.1) is 12.8 Å². The summed E-state index contributed by atoms with van der Waals surface area (Å²) in [6.07, 6.45) is 0. The molecule has 19 heavy (non-hydrogen) atoms. The van der Waals surface area contributed by atoms with Crippen molar-refractivity contribution in [2.24, 2.45) is 5.92 Å². The lowest BCUT2D eigenvalue weighted by molar-refractivity contribution is -0.135. The number of carbonyl (C=O) groups is 1. The number of nitrogens with zero attached hydrogens (tertiary/aromatic N) is 3. The van der Waals surface area contributed by atoms with Gasteiger partial charge in [0.15, 0.2) is 0 Å². The second kappa shape index (κ2) is 6.92. The minimum atomic E-state index is -0.899. The van der Waals surface area contributed by atoms with Gasteiger partial charge in [-0.25, -0.2) is 4.98 Å². The van der Waals surface area contributed by atoms with Gasteiger partial charge in [0.1, 0.15) is 6.54 Å². The van der Waals surface area contributed by atoms with Crippen LogP contribution in [0.15, 0.2) is 6.07 Å². The molecule has 1 N–H and O–H groups in total. The van der Waals surface area contributed by atoms with Crippen molar-refractivity contribution in [3.63, 3.8) is 0 Å². The van der Waals surface area contributed by atoms with Crippen LogP contribution in [-0.4, -0.2) is 40.7 Å². The Hall–Kier alpha value is -1.85. The lowest BCUT2D eigenvalue weighted by Gasteiger charge is -2.23. The Morgan fingerprint density at radius 3 is 2.68 bits per heavy atom. The molecule has 1 heterocycles. The predicted molar refractivity (Wildman–Crippen MR) is 72.6 cm³/mol. The van der Waals surface area contributed by atoms with E-state index in [0.717, 1.165) is 5.69 Å². The Labute approximate surface area is 113 Å². The lowest BCUT2D eigenvalue weighted by atomic mass is 10.2. The van der Waals surface area contributed by atoms with E-state index in [1.807, 2.05) is 27.7 Å². The third kappa shape index (κ3) is 5.11. The molecule has 0 saturated heterocycles. The molecule has 0 radical (unpaired) electrons. The quantitative estimate of drug-likeness (QED) is 0.811. The predicted octanol–water partition coefficient (Wildman–Crippen LogP) is 1.73. The summed E-state index contributed by atoms with van der Waals surface area (Å²) in [6, 6.07) is 1.74. The summed E-state index contributed by atoms with van der Waals surface area (Å²) in [5, 5.41) is 8.97. The van der Waals surface area contributed by atoms with Crippen LogP contribution in [0.4, 0.5) is 5.95 Å². The number of carboxylic acids is 1. The summed E-state index contributed by atoms with van der Waals surface area (Å²) in [4.78, 5) is 21.1. The molecule has 0 bridgehead atoms. The number of aryl methyl sites for hydroxylation is 1. The number of rotatable bonds is 7. The van der Waals surface area contributed by atoms with Crippen molar-refractivity contribution >= 4 is 11.9 Å². The van der Waals surface area contributed by atoms with Gasteiger partial charge < -0.3 is 14.7 Å². The monoisotopic (exact) mass is 267 g/mol. The number of aliphatic carboxylic acids is 1. The highest BCUT2D eigenvalue weighted by atomic mass is 16.5. The van der Waals surface area contributed by atoms with Gasteiger partial charge in [-0.1, -0.05) is 13.8 Å². The maximum absolute atomic E-state index is 10.9. The van der Waals surface area contributed by atoms with Gasteiger partial charge in [-0.3, -0.25) is 4.79 Å². The van der Waals surface area contributed by atoms with Crippen LogP contribution in [0.25, 0.3) is 0 Å². The van der Waals surface area contributed by atoms with E-state index < -0.39 is 5.97 Å².